The van der Waals surface area contributed by atoms with Gasteiger partial charge in [0.05, 0.1) is 17.5 Å². The van der Waals surface area contributed by atoms with Gasteiger partial charge in [-0.2, -0.15) is 4.99 Å². The van der Waals surface area contributed by atoms with Crippen molar-refractivity contribution in [3.63, 3.8) is 0 Å². The van der Waals surface area contributed by atoms with E-state index in [-0.39, 0.29) is 28.7 Å². The SMILES string of the molecule is Cc1cccc(C)c1N1C(=NC(=O)C(C)(C)C)S[C@H]2CS(=O)(=O)C[C@@H]21. The van der Waals surface area contributed by atoms with E-state index in [0.29, 0.717) is 5.17 Å². The minimum absolute atomic E-state index is 0.0736. The summed E-state index contributed by atoms with van der Waals surface area (Å²) in [5.74, 6) is 0.0716. The van der Waals surface area contributed by atoms with Gasteiger partial charge in [0.25, 0.3) is 5.91 Å². The molecule has 2 fully saturated rings. The molecule has 0 spiro atoms. The van der Waals surface area contributed by atoms with Crippen LogP contribution in [0.1, 0.15) is 31.9 Å². The van der Waals surface area contributed by atoms with Crippen molar-refractivity contribution in [2.75, 3.05) is 16.4 Å². The number of benzene rings is 1. The molecular formula is C18H24N2O3S2. The Bertz CT molecular complexity index is 833. The molecule has 3 rings (SSSR count). The summed E-state index contributed by atoms with van der Waals surface area (Å²) in [6.45, 7) is 9.54. The van der Waals surface area contributed by atoms with E-state index in [0.717, 1.165) is 16.8 Å². The molecule has 1 aromatic rings. The molecular weight excluding hydrogens is 356 g/mol. The molecule has 2 aliphatic heterocycles. The number of amidine groups is 1. The Labute approximate surface area is 153 Å². The Morgan fingerprint density at radius 1 is 1.20 bits per heavy atom. The lowest BCUT2D eigenvalue weighted by Gasteiger charge is -2.28. The summed E-state index contributed by atoms with van der Waals surface area (Å²) < 4.78 is 24.3. The first-order valence-electron chi connectivity index (χ1n) is 8.35. The summed E-state index contributed by atoms with van der Waals surface area (Å²) in [5, 5.41) is 0.553. The number of sulfone groups is 1. The molecule has 0 aromatic heterocycles. The number of aryl methyl sites for hydroxylation is 2. The quantitative estimate of drug-likeness (QED) is 0.749. The maximum absolute atomic E-state index is 12.5. The molecule has 0 aliphatic carbocycles. The summed E-state index contributed by atoms with van der Waals surface area (Å²) in [6, 6.07) is 5.83. The molecule has 25 heavy (non-hydrogen) atoms. The maximum atomic E-state index is 12.5. The second-order valence-corrected chi connectivity index (χ2v) is 11.2. The number of rotatable bonds is 1. The highest BCUT2D eigenvalue weighted by Crippen LogP contribution is 2.43. The van der Waals surface area contributed by atoms with Crippen LogP contribution < -0.4 is 4.90 Å². The third kappa shape index (κ3) is 3.49. The molecule has 2 heterocycles. The third-order valence-electron chi connectivity index (χ3n) is 4.59. The van der Waals surface area contributed by atoms with Gasteiger partial charge in [-0.3, -0.25) is 4.79 Å². The highest BCUT2D eigenvalue weighted by Gasteiger charge is 2.50. The average molecular weight is 381 g/mol. The van der Waals surface area contributed by atoms with Crippen molar-refractivity contribution < 1.29 is 13.2 Å². The summed E-state index contributed by atoms with van der Waals surface area (Å²) in [5.41, 5.74) is 2.52. The van der Waals surface area contributed by atoms with Gasteiger partial charge < -0.3 is 4.90 Å². The predicted octanol–water partition coefficient (Wildman–Crippen LogP) is 2.95. The number of fused-ring (bicyclic) bond motifs is 1. The van der Waals surface area contributed by atoms with E-state index in [9.17, 15) is 13.2 Å². The molecule has 1 aromatic carbocycles. The topological polar surface area (TPSA) is 66.8 Å². The van der Waals surface area contributed by atoms with Gasteiger partial charge in [0.2, 0.25) is 0 Å². The van der Waals surface area contributed by atoms with Gasteiger partial charge in [-0.05, 0) is 25.0 Å². The molecule has 2 aliphatic rings. The molecule has 0 N–H and O–H groups in total. The Hall–Kier alpha value is -1.34. The van der Waals surface area contributed by atoms with Crippen LogP contribution in [0.5, 0.6) is 0 Å². The van der Waals surface area contributed by atoms with Gasteiger partial charge in [0.15, 0.2) is 15.0 Å². The van der Waals surface area contributed by atoms with Crippen LogP contribution in [0.4, 0.5) is 5.69 Å². The molecule has 5 nitrogen and oxygen atoms in total. The normalized spacial score (nSPS) is 26.9. The minimum Gasteiger partial charge on any atom is -0.315 e. The van der Waals surface area contributed by atoms with Gasteiger partial charge in [-0.25, -0.2) is 8.42 Å². The van der Waals surface area contributed by atoms with Gasteiger partial charge in [0, 0.05) is 16.4 Å². The standard InChI is InChI=1S/C18H24N2O3S2/c1-11-7-6-8-12(2)15(11)20-13-9-25(22,23)10-14(13)24-17(20)19-16(21)18(3,4)5/h6-8,13-14H,9-10H2,1-5H3/t13-,14-/m0/s1. The van der Waals surface area contributed by atoms with Crippen LogP contribution in [0.25, 0.3) is 0 Å². The van der Waals surface area contributed by atoms with Crippen LogP contribution in [0.3, 0.4) is 0 Å². The molecule has 0 bridgehead atoms. The van der Waals surface area contributed by atoms with Crippen molar-refractivity contribution in [2.45, 2.75) is 45.9 Å². The van der Waals surface area contributed by atoms with E-state index in [2.05, 4.69) is 4.99 Å². The number of aliphatic imine (C=N–C) groups is 1. The summed E-state index contributed by atoms with van der Waals surface area (Å²) in [4.78, 5) is 18.9. The van der Waals surface area contributed by atoms with Crippen molar-refractivity contribution in [3.05, 3.63) is 29.3 Å². The number of carbonyl (C=O) groups is 1. The second-order valence-electron chi connectivity index (χ2n) is 7.86. The summed E-state index contributed by atoms with van der Waals surface area (Å²) in [6.07, 6.45) is 0. The van der Waals surface area contributed by atoms with Gasteiger partial charge in [0.1, 0.15) is 0 Å². The van der Waals surface area contributed by atoms with E-state index in [1.807, 2.05) is 57.7 Å². The minimum atomic E-state index is -3.05. The van der Waals surface area contributed by atoms with Crippen molar-refractivity contribution in [3.8, 4) is 0 Å². The first kappa shape index (κ1) is 18.5. The van der Waals surface area contributed by atoms with Crippen molar-refractivity contribution >= 4 is 38.4 Å². The highest BCUT2D eigenvalue weighted by atomic mass is 32.2. The van der Waals surface area contributed by atoms with Gasteiger partial charge in [-0.15, -0.1) is 0 Å². The van der Waals surface area contributed by atoms with Gasteiger partial charge in [-0.1, -0.05) is 50.7 Å². The monoisotopic (exact) mass is 380 g/mol. The molecule has 0 saturated carbocycles. The summed E-state index contributed by atoms with van der Waals surface area (Å²) in [7, 11) is -3.05. The molecule has 1 amide bonds. The Kier molecular flexibility index (Phi) is 4.52. The van der Waals surface area contributed by atoms with Gasteiger partial charge >= 0.3 is 0 Å². The molecule has 0 unspecified atom stereocenters. The van der Waals surface area contributed by atoms with Crippen LogP contribution in [0, 0.1) is 19.3 Å². The van der Waals surface area contributed by atoms with Crippen LogP contribution in [-0.4, -0.2) is 42.3 Å². The smallest absolute Gasteiger partial charge is 0.253 e. The Morgan fingerprint density at radius 2 is 1.80 bits per heavy atom. The first-order chi connectivity index (χ1) is 11.5. The zero-order chi connectivity index (χ0) is 18.6. The number of para-hydroxylation sites is 1. The zero-order valence-corrected chi connectivity index (χ0v) is 16.9. The lowest BCUT2D eigenvalue weighted by Crippen LogP contribution is -2.39. The van der Waals surface area contributed by atoms with Crippen molar-refractivity contribution in [1.29, 1.82) is 0 Å². The van der Waals surface area contributed by atoms with Crippen molar-refractivity contribution in [1.82, 2.24) is 0 Å². The zero-order valence-electron chi connectivity index (χ0n) is 15.2. The maximum Gasteiger partial charge on any atom is 0.253 e. The Balaban J connectivity index is 2.11. The van der Waals surface area contributed by atoms with Crippen molar-refractivity contribution in [2.24, 2.45) is 10.4 Å². The van der Waals surface area contributed by atoms with Crippen LogP contribution in [-0.2, 0) is 14.6 Å². The lowest BCUT2D eigenvalue weighted by molar-refractivity contribution is -0.124. The fourth-order valence-electron chi connectivity index (χ4n) is 3.27. The molecule has 136 valence electrons. The molecule has 0 radical (unpaired) electrons. The van der Waals surface area contributed by atoms with Crippen LogP contribution in [0.15, 0.2) is 23.2 Å². The molecule has 7 heteroatoms. The van der Waals surface area contributed by atoms with E-state index < -0.39 is 15.3 Å². The van der Waals surface area contributed by atoms with Crippen LogP contribution >= 0.6 is 11.8 Å². The predicted molar refractivity (Wildman–Crippen MR) is 104 cm³/mol. The third-order valence-corrected chi connectivity index (χ3v) is 7.80. The number of anilines is 1. The molecule has 2 saturated heterocycles. The number of nitrogens with zero attached hydrogens (tertiary/aromatic N) is 2. The number of carbonyl (C=O) groups excluding carboxylic acids is 1. The molecule has 2 atom stereocenters. The Morgan fingerprint density at radius 3 is 2.36 bits per heavy atom. The van der Waals surface area contributed by atoms with Crippen LogP contribution in [0.2, 0.25) is 0 Å². The fourth-order valence-corrected chi connectivity index (χ4v) is 7.16. The number of amides is 1. The lowest BCUT2D eigenvalue weighted by atomic mass is 9.96. The van der Waals surface area contributed by atoms with E-state index in [4.69, 9.17) is 0 Å². The highest BCUT2D eigenvalue weighted by molar-refractivity contribution is 8.16. The van der Waals surface area contributed by atoms with E-state index >= 15 is 0 Å². The number of hydrogen-bond acceptors (Lipinski definition) is 4. The average Bonchev–Trinajstić information content (AvgIpc) is 2.90. The van der Waals surface area contributed by atoms with E-state index in [1.165, 1.54) is 11.8 Å². The second kappa shape index (κ2) is 6.13. The first-order valence-corrected chi connectivity index (χ1v) is 11.1. The fraction of sp³-hybridized carbons (Fsp3) is 0.556. The van der Waals surface area contributed by atoms with E-state index in [1.54, 1.807) is 0 Å². The largest absolute Gasteiger partial charge is 0.315 e. The summed E-state index contributed by atoms with van der Waals surface area (Å²) >= 11 is 1.42. The number of hydrogen-bond donors (Lipinski definition) is 0. The number of thioether (sulfide) groups is 1.